The average Bonchev–Trinajstić information content (AvgIpc) is 3.26. The molecule has 2 aliphatic rings. The Kier molecular flexibility index (Phi) is 6.44. The number of piperazine rings is 1. The van der Waals surface area contributed by atoms with E-state index >= 15 is 0 Å². The van der Waals surface area contributed by atoms with Crippen LogP contribution in [-0.4, -0.2) is 58.5 Å². The second-order valence-electron chi connectivity index (χ2n) is 9.73. The highest BCUT2D eigenvalue weighted by Crippen LogP contribution is 2.38. The number of aromatic nitrogens is 3. The van der Waals surface area contributed by atoms with E-state index in [1.165, 1.54) is 0 Å². The normalized spacial score (nSPS) is 16.2. The molecule has 0 aliphatic carbocycles. The SMILES string of the molecule is Cc1cc(-c2ccccc2)c(C(=O)C(=O)Nc2ccc3c(c2)OCC2CN(c4ccnc(Cl)n4)CCN32)n1C. The number of carbonyl (C=O) groups excluding carboxylic acids is 2. The van der Waals surface area contributed by atoms with Crippen molar-refractivity contribution in [3.05, 3.63) is 83.5 Å². The molecule has 0 radical (unpaired) electrons. The van der Waals surface area contributed by atoms with Crippen LogP contribution in [0.2, 0.25) is 5.28 Å². The van der Waals surface area contributed by atoms with E-state index in [2.05, 4.69) is 25.1 Å². The molecular weight excluding hydrogens is 516 g/mol. The van der Waals surface area contributed by atoms with Crippen molar-refractivity contribution in [1.29, 1.82) is 0 Å². The summed E-state index contributed by atoms with van der Waals surface area (Å²) < 4.78 is 7.86. The van der Waals surface area contributed by atoms with E-state index in [4.69, 9.17) is 16.3 Å². The van der Waals surface area contributed by atoms with Crippen LogP contribution in [0.4, 0.5) is 17.2 Å². The topological polar surface area (TPSA) is 92.6 Å². The zero-order valence-electron chi connectivity index (χ0n) is 21.6. The minimum absolute atomic E-state index is 0.138. The summed E-state index contributed by atoms with van der Waals surface area (Å²) in [6.45, 7) is 4.69. The second-order valence-corrected chi connectivity index (χ2v) is 10.1. The van der Waals surface area contributed by atoms with E-state index in [-0.39, 0.29) is 11.3 Å². The second kappa shape index (κ2) is 10.1. The number of anilines is 3. The lowest BCUT2D eigenvalue weighted by Crippen LogP contribution is -2.57. The first-order valence-corrected chi connectivity index (χ1v) is 13.1. The van der Waals surface area contributed by atoms with Crippen molar-refractivity contribution in [2.45, 2.75) is 13.0 Å². The van der Waals surface area contributed by atoms with Gasteiger partial charge in [-0.15, -0.1) is 0 Å². The lowest BCUT2D eigenvalue weighted by atomic mass is 10.0. The Morgan fingerprint density at radius 1 is 1.08 bits per heavy atom. The molecule has 9 nitrogen and oxygen atoms in total. The van der Waals surface area contributed by atoms with E-state index in [1.54, 1.807) is 29.9 Å². The third-order valence-electron chi connectivity index (χ3n) is 7.36. The minimum atomic E-state index is -0.695. The molecule has 39 heavy (non-hydrogen) atoms. The smallest absolute Gasteiger partial charge is 0.298 e. The van der Waals surface area contributed by atoms with Crippen LogP contribution < -0.4 is 19.9 Å². The molecule has 6 rings (SSSR count). The summed E-state index contributed by atoms with van der Waals surface area (Å²) in [5.41, 5.74) is 4.34. The molecular formula is C29H27ClN6O3. The first-order chi connectivity index (χ1) is 18.9. The monoisotopic (exact) mass is 542 g/mol. The molecule has 0 saturated carbocycles. The van der Waals surface area contributed by atoms with Crippen LogP contribution in [0.1, 0.15) is 16.2 Å². The molecule has 1 N–H and O–H groups in total. The van der Waals surface area contributed by atoms with E-state index < -0.39 is 11.7 Å². The van der Waals surface area contributed by atoms with Gasteiger partial charge in [0, 0.05) is 55.9 Å². The summed E-state index contributed by atoms with van der Waals surface area (Å²) in [4.78, 5) is 39.2. The molecule has 0 bridgehead atoms. The lowest BCUT2D eigenvalue weighted by molar-refractivity contribution is -0.112. The molecule has 1 atom stereocenters. The van der Waals surface area contributed by atoms with Gasteiger partial charge in [-0.25, -0.2) is 9.97 Å². The Hall–Kier alpha value is -4.37. The van der Waals surface area contributed by atoms with Gasteiger partial charge >= 0.3 is 0 Å². The predicted molar refractivity (Wildman–Crippen MR) is 151 cm³/mol. The molecule has 1 fully saturated rings. The highest BCUT2D eigenvalue weighted by Gasteiger charge is 2.34. The summed E-state index contributed by atoms with van der Waals surface area (Å²) in [6.07, 6.45) is 1.66. The van der Waals surface area contributed by atoms with Gasteiger partial charge in [0.25, 0.3) is 11.7 Å². The van der Waals surface area contributed by atoms with Crippen LogP contribution in [0.3, 0.4) is 0 Å². The maximum atomic E-state index is 13.3. The Bertz CT molecular complexity index is 1570. The van der Waals surface area contributed by atoms with Crippen molar-refractivity contribution < 1.29 is 14.3 Å². The molecule has 2 aromatic heterocycles. The number of amides is 1. The zero-order valence-corrected chi connectivity index (χ0v) is 22.4. The Morgan fingerprint density at radius 3 is 2.69 bits per heavy atom. The minimum Gasteiger partial charge on any atom is -0.489 e. The molecule has 1 saturated heterocycles. The van der Waals surface area contributed by atoms with Crippen LogP contribution in [0.25, 0.3) is 11.1 Å². The van der Waals surface area contributed by atoms with Crippen molar-refractivity contribution >= 4 is 40.5 Å². The molecule has 0 spiro atoms. The third-order valence-corrected chi connectivity index (χ3v) is 7.54. The highest BCUT2D eigenvalue weighted by molar-refractivity contribution is 6.47. The van der Waals surface area contributed by atoms with Crippen LogP contribution in [-0.2, 0) is 11.8 Å². The van der Waals surface area contributed by atoms with Crippen LogP contribution >= 0.6 is 11.6 Å². The number of benzene rings is 2. The van der Waals surface area contributed by atoms with E-state index in [1.807, 2.05) is 55.5 Å². The van der Waals surface area contributed by atoms with Gasteiger partial charge in [0.2, 0.25) is 5.28 Å². The van der Waals surface area contributed by atoms with Crippen molar-refractivity contribution in [2.24, 2.45) is 7.05 Å². The maximum absolute atomic E-state index is 13.3. The zero-order chi connectivity index (χ0) is 27.1. The van der Waals surface area contributed by atoms with Crippen molar-refractivity contribution in [2.75, 3.05) is 41.4 Å². The third kappa shape index (κ3) is 4.70. The van der Waals surface area contributed by atoms with Gasteiger partial charge in [-0.3, -0.25) is 9.59 Å². The number of halogens is 1. The summed E-state index contributed by atoms with van der Waals surface area (Å²) >= 11 is 5.98. The van der Waals surface area contributed by atoms with Gasteiger partial charge < -0.3 is 24.4 Å². The molecule has 1 amide bonds. The first-order valence-electron chi connectivity index (χ1n) is 12.7. The number of hydrogen-bond acceptors (Lipinski definition) is 7. The molecule has 10 heteroatoms. The molecule has 1 unspecified atom stereocenters. The van der Waals surface area contributed by atoms with Crippen LogP contribution in [0, 0.1) is 6.92 Å². The highest BCUT2D eigenvalue weighted by atomic mass is 35.5. The van der Waals surface area contributed by atoms with Crippen LogP contribution in [0.5, 0.6) is 5.75 Å². The molecule has 198 valence electrons. The number of ether oxygens (including phenoxy) is 1. The number of nitrogens with one attached hydrogen (secondary N) is 1. The number of carbonyl (C=O) groups is 2. The van der Waals surface area contributed by atoms with Crippen molar-refractivity contribution in [1.82, 2.24) is 14.5 Å². The number of ketones is 1. The van der Waals surface area contributed by atoms with Gasteiger partial charge in [-0.05, 0) is 48.4 Å². The molecule has 2 aromatic carbocycles. The van der Waals surface area contributed by atoms with Gasteiger partial charge in [-0.2, -0.15) is 0 Å². The van der Waals surface area contributed by atoms with Gasteiger partial charge in [0.15, 0.2) is 0 Å². The average molecular weight is 543 g/mol. The van der Waals surface area contributed by atoms with Crippen LogP contribution in [0.15, 0.2) is 66.9 Å². The summed E-state index contributed by atoms with van der Waals surface area (Å²) in [6, 6.07) is 19.0. The Labute approximate surface area is 231 Å². The number of nitrogens with zero attached hydrogens (tertiary/aromatic N) is 5. The Balaban J connectivity index is 1.18. The number of rotatable bonds is 5. The van der Waals surface area contributed by atoms with Crippen molar-refractivity contribution in [3.8, 4) is 16.9 Å². The predicted octanol–water partition coefficient (Wildman–Crippen LogP) is 4.35. The standard InChI is InChI=1S/C29H27ClN6O3/c1-18-14-22(19-6-4-3-5-7-19)26(34(18)2)27(37)28(38)32-20-8-9-23-24(15-20)39-17-21-16-35(12-13-36(21)23)25-10-11-31-29(30)33-25/h3-11,14-15,21H,12-13,16-17H2,1-2H3,(H,32,38). The number of hydrogen-bond donors (Lipinski definition) is 1. The van der Waals surface area contributed by atoms with Gasteiger partial charge in [0.1, 0.15) is 23.9 Å². The molecule has 4 aromatic rings. The largest absolute Gasteiger partial charge is 0.489 e. The van der Waals surface area contributed by atoms with E-state index in [0.29, 0.717) is 23.7 Å². The van der Waals surface area contributed by atoms with Gasteiger partial charge in [0.05, 0.1) is 11.7 Å². The fourth-order valence-electron chi connectivity index (χ4n) is 5.30. The quantitative estimate of drug-likeness (QED) is 0.228. The summed E-state index contributed by atoms with van der Waals surface area (Å²) in [7, 11) is 1.80. The summed E-state index contributed by atoms with van der Waals surface area (Å²) in [5, 5.41) is 3.00. The summed E-state index contributed by atoms with van der Waals surface area (Å²) in [5.74, 6) is 0.185. The number of fused-ring (bicyclic) bond motifs is 3. The molecule has 2 aliphatic heterocycles. The number of aryl methyl sites for hydroxylation is 1. The molecule has 4 heterocycles. The first kappa shape index (κ1) is 24.9. The maximum Gasteiger partial charge on any atom is 0.298 e. The van der Waals surface area contributed by atoms with E-state index in [9.17, 15) is 9.59 Å². The fourth-order valence-corrected chi connectivity index (χ4v) is 5.44. The van der Waals surface area contributed by atoms with Gasteiger partial charge in [-0.1, -0.05) is 30.3 Å². The van der Waals surface area contributed by atoms with Crippen molar-refractivity contribution in [3.63, 3.8) is 0 Å². The lowest BCUT2D eigenvalue weighted by Gasteiger charge is -2.46. The Morgan fingerprint density at radius 2 is 1.90 bits per heavy atom. The van der Waals surface area contributed by atoms with E-state index in [0.717, 1.165) is 48.0 Å². The fraction of sp³-hybridized carbons (Fsp3) is 0.241. The number of Topliss-reactive ketones (excluding diaryl/α,β-unsaturated/α-hetero) is 1.